The Hall–Kier alpha value is -2.10. The van der Waals surface area contributed by atoms with Gasteiger partial charge in [0, 0.05) is 23.5 Å². The van der Waals surface area contributed by atoms with E-state index >= 15 is 0 Å². The van der Waals surface area contributed by atoms with E-state index in [2.05, 4.69) is 0 Å². The smallest absolute Gasteiger partial charge is 0.275 e. The minimum Gasteiger partial charge on any atom is -0.323 e. The molecule has 0 saturated carbocycles. The maximum Gasteiger partial charge on any atom is 0.275 e. The van der Waals surface area contributed by atoms with E-state index in [0.29, 0.717) is 0 Å². The number of nitro groups is 1. The quantitative estimate of drug-likeness (QED) is 0.598. The van der Waals surface area contributed by atoms with Gasteiger partial charge in [0.25, 0.3) is 5.69 Å². The Balaban J connectivity index is 2.83. The van der Waals surface area contributed by atoms with Crippen LogP contribution in [0.5, 0.6) is 0 Å². The number of rotatable bonds is 2. The van der Waals surface area contributed by atoms with Crippen molar-refractivity contribution >= 4 is 5.69 Å². The van der Waals surface area contributed by atoms with Crippen molar-refractivity contribution in [1.29, 1.82) is 0 Å². The molecule has 0 atom stereocenters. The molecule has 4 nitrogen and oxygen atoms in total. The second-order valence-electron chi connectivity index (χ2n) is 4.54. The fourth-order valence-electron chi connectivity index (χ4n) is 2.42. The molecule has 18 heavy (non-hydrogen) atoms. The van der Waals surface area contributed by atoms with Gasteiger partial charge in [-0.05, 0) is 51.0 Å². The molecule has 0 unspecified atom stereocenters. The molecule has 1 aromatic heterocycles. The zero-order valence-electron chi connectivity index (χ0n) is 11.0. The lowest BCUT2D eigenvalue weighted by Crippen LogP contribution is -2.06. The van der Waals surface area contributed by atoms with Crippen molar-refractivity contribution in [2.24, 2.45) is 0 Å². The number of hydrogen-bond donors (Lipinski definition) is 0. The van der Waals surface area contributed by atoms with Crippen LogP contribution < -0.4 is 0 Å². The average molecular weight is 244 g/mol. The highest BCUT2D eigenvalue weighted by Crippen LogP contribution is 2.34. The third kappa shape index (κ3) is 1.70. The van der Waals surface area contributed by atoms with E-state index in [-0.39, 0.29) is 10.6 Å². The largest absolute Gasteiger partial charge is 0.323 e. The zero-order chi connectivity index (χ0) is 13.4. The van der Waals surface area contributed by atoms with Crippen LogP contribution in [-0.4, -0.2) is 9.49 Å². The zero-order valence-corrected chi connectivity index (χ0v) is 11.0. The lowest BCUT2D eigenvalue weighted by Gasteiger charge is -2.16. The number of hydrogen-bond acceptors (Lipinski definition) is 2. The average Bonchev–Trinajstić information content (AvgIpc) is 2.80. The number of aromatic nitrogens is 1. The summed E-state index contributed by atoms with van der Waals surface area (Å²) < 4.78 is 2.01. The lowest BCUT2D eigenvalue weighted by molar-refractivity contribution is -0.386. The van der Waals surface area contributed by atoms with Crippen LogP contribution in [0.15, 0.2) is 24.5 Å². The van der Waals surface area contributed by atoms with Gasteiger partial charge in [0.1, 0.15) is 0 Å². The predicted octanol–water partition coefficient (Wildman–Crippen LogP) is 3.62. The maximum atomic E-state index is 11.1. The molecule has 0 radical (unpaired) electrons. The molecule has 2 aromatic rings. The van der Waals surface area contributed by atoms with Crippen LogP contribution in [0, 0.1) is 37.8 Å². The van der Waals surface area contributed by atoms with E-state index < -0.39 is 0 Å². The lowest BCUT2D eigenvalue weighted by atomic mass is 9.96. The Kier molecular flexibility index (Phi) is 2.95. The van der Waals surface area contributed by atoms with Gasteiger partial charge < -0.3 is 4.57 Å². The molecule has 0 saturated heterocycles. The summed E-state index contributed by atoms with van der Waals surface area (Å²) in [6.45, 7) is 7.49. The minimum absolute atomic E-state index is 0.237. The Morgan fingerprint density at radius 3 is 1.78 bits per heavy atom. The van der Waals surface area contributed by atoms with E-state index in [9.17, 15) is 10.1 Å². The molecule has 0 aliphatic heterocycles. The normalized spacial score (nSPS) is 10.7. The highest BCUT2D eigenvalue weighted by atomic mass is 16.6. The summed E-state index contributed by atoms with van der Waals surface area (Å²) in [5.41, 5.74) is 4.68. The second kappa shape index (κ2) is 4.29. The summed E-state index contributed by atoms with van der Waals surface area (Å²) in [5, 5.41) is 11.1. The standard InChI is InChI=1S/C14H16N2O2/c1-9-11(3)14(16(17)18)12(4)10(2)13(9)15-7-5-6-8-15/h5-8H,1-4H3. The van der Waals surface area contributed by atoms with Crippen LogP contribution in [0.4, 0.5) is 5.69 Å². The van der Waals surface area contributed by atoms with Crippen molar-refractivity contribution in [3.63, 3.8) is 0 Å². The summed E-state index contributed by atoms with van der Waals surface area (Å²) in [6, 6.07) is 3.90. The monoisotopic (exact) mass is 244 g/mol. The highest BCUT2D eigenvalue weighted by Gasteiger charge is 2.22. The summed E-state index contributed by atoms with van der Waals surface area (Å²) in [4.78, 5) is 10.9. The molecule has 94 valence electrons. The van der Waals surface area contributed by atoms with Gasteiger partial charge in [-0.25, -0.2) is 0 Å². The van der Waals surface area contributed by atoms with Gasteiger partial charge in [0.15, 0.2) is 0 Å². The summed E-state index contributed by atoms with van der Waals surface area (Å²) in [6.07, 6.45) is 3.92. The summed E-state index contributed by atoms with van der Waals surface area (Å²) in [5.74, 6) is 0. The van der Waals surface area contributed by atoms with Gasteiger partial charge in [0.2, 0.25) is 0 Å². The molecule has 1 aromatic carbocycles. The fourth-order valence-corrected chi connectivity index (χ4v) is 2.42. The SMILES string of the molecule is Cc1c(C)c([N+](=O)[O-])c(C)c(C)c1-n1cccc1. The van der Waals surface area contributed by atoms with Crippen LogP contribution in [0.2, 0.25) is 0 Å². The van der Waals surface area contributed by atoms with Crippen molar-refractivity contribution in [3.8, 4) is 5.69 Å². The minimum atomic E-state index is -0.288. The van der Waals surface area contributed by atoms with Crippen LogP contribution >= 0.6 is 0 Å². The molecule has 0 aliphatic carbocycles. The Morgan fingerprint density at radius 2 is 1.39 bits per heavy atom. The Morgan fingerprint density at radius 1 is 0.944 bits per heavy atom. The van der Waals surface area contributed by atoms with E-state index in [1.54, 1.807) is 0 Å². The molecule has 0 aliphatic rings. The number of nitrogens with zero attached hydrogens (tertiary/aromatic N) is 2. The summed E-state index contributed by atoms with van der Waals surface area (Å²) >= 11 is 0. The first-order valence-corrected chi connectivity index (χ1v) is 5.83. The van der Waals surface area contributed by atoms with Crippen molar-refractivity contribution in [3.05, 3.63) is 56.9 Å². The van der Waals surface area contributed by atoms with E-state index in [1.807, 2.05) is 56.8 Å². The first-order valence-electron chi connectivity index (χ1n) is 5.83. The van der Waals surface area contributed by atoms with Crippen LogP contribution in [0.1, 0.15) is 22.3 Å². The molecule has 0 bridgehead atoms. The maximum absolute atomic E-state index is 11.1. The van der Waals surface area contributed by atoms with Gasteiger partial charge in [-0.1, -0.05) is 0 Å². The van der Waals surface area contributed by atoms with Gasteiger partial charge in [-0.3, -0.25) is 10.1 Å². The first-order chi connectivity index (χ1) is 8.45. The molecule has 0 spiro atoms. The molecule has 0 N–H and O–H groups in total. The second-order valence-corrected chi connectivity index (χ2v) is 4.54. The molecule has 1 heterocycles. The third-order valence-electron chi connectivity index (χ3n) is 3.59. The fraction of sp³-hybridized carbons (Fsp3) is 0.286. The van der Waals surface area contributed by atoms with Gasteiger partial charge in [-0.15, -0.1) is 0 Å². The topological polar surface area (TPSA) is 48.1 Å². The van der Waals surface area contributed by atoms with Gasteiger partial charge in [0.05, 0.1) is 10.6 Å². The van der Waals surface area contributed by atoms with Gasteiger partial charge >= 0.3 is 0 Å². The molecule has 2 rings (SSSR count). The molecular weight excluding hydrogens is 228 g/mol. The van der Waals surface area contributed by atoms with Crippen molar-refractivity contribution < 1.29 is 4.92 Å². The van der Waals surface area contributed by atoms with Crippen LogP contribution in [0.25, 0.3) is 5.69 Å². The third-order valence-corrected chi connectivity index (χ3v) is 3.59. The van der Waals surface area contributed by atoms with Crippen LogP contribution in [-0.2, 0) is 0 Å². The van der Waals surface area contributed by atoms with Crippen molar-refractivity contribution in [2.45, 2.75) is 27.7 Å². The van der Waals surface area contributed by atoms with E-state index in [0.717, 1.165) is 27.9 Å². The predicted molar refractivity (Wildman–Crippen MR) is 71.4 cm³/mol. The Labute approximate surface area is 106 Å². The number of benzene rings is 1. The van der Waals surface area contributed by atoms with Crippen LogP contribution in [0.3, 0.4) is 0 Å². The van der Waals surface area contributed by atoms with E-state index in [1.165, 1.54) is 0 Å². The van der Waals surface area contributed by atoms with Crippen molar-refractivity contribution in [1.82, 2.24) is 4.57 Å². The molecule has 0 amide bonds. The summed E-state index contributed by atoms with van der Waals surface area (Å²) in [7, 11) is 0. The highest BCUT2D eigenvalue weighted by molar-refractivity contribution is 5.64. The Bertz CT molecular complexity index is 584. The number of nitro benzene ring substituents is 1. The van der Waals surface area contributed by atoms with Crippen molar-refractivity contribution in [2.75, 3.05) is 0 Å². The van der Waals surface area contributed by atoms with Gasteiger partial charge in [-0.2, -0.15) is 0 Å². The molecular formula is C14H16N2O2. The first kappa shape index (κ1) is 12.4. The molecule has 0 fully saturated rings. The van der Waals surface area contributed by atoms with E-state index in [4.69, 9.17) is 0 Å². The molecule has 4 heteroatoms.